The van der Waals surface area contributed by atoms with Crippen molar-refractivity contribution in [1.82, 2.24) is 10.3 Å². The van der Waals surface area contributed by atoms with Gasteiger partial charge < -0.3 is 5.32 Å². The topological polar surface area (TPSA) is 24.9 Å². The Morgan fingerprint density at radius 2 is 2.10 bits per heavy atom. The quantitative estimate of drug-likeness (QED) is 0.920. The molecule has 3 rings (SSSR count). The molecule has 1 N–H and O–H groups in total. The lowest BCUT2D eigenvalue weighted by atomic mass is 10.0. The van der Waals surface area contributed by atoms with Gasteiger partial charge in [0.25, 0.3) is 0 Å². The van der Waals surface area contributed by atoms with Crippen LogP contribution in [0, 0.1) is 5.82 Å². The number of fused-ring (bicyclic) bond motifs is 1. The summed E-state index contributed by atoms with van der Waals surface area (Å²) in [5.74, 6) is 0.852. The molecule has 104 valence electrons. The minimum absolute atomic E-state index is 0.101. The van der Waals surface area contributed by atoms with Crippen LogP contribution in [0.2, 0.25) is 0 Å². The van der Waals surface area contributed by atoms with Crippen molar-refractivity contribution in [2.75, 3.05) is 5.75 Å². The minimum Gasteiger partial charge on any atom is -0.303 e. The molecule has 1 aliphatic rings. The van der Waals surface area contributed by atoms with Crippen molar-refractivity contribution in [3.8, 4) is 0 Å². The van der Waals surface area contributed by atoms with Crippen LogP contribution in [0.15, 0.2) is 47.6 Å². The van der Waals surface area contributed by atoms with E-state index in [4.69, 9.17) is 0 Å². The molecule has 0 amide bonds. The molecule has 1 unspecified atom stereocenters. The zero-order valence-electron chi connectivity index (χ0n) is 11.3. The monoisotopic (exact) mass is 288 g/mol. The first-order valence-corrected chi connectivity index (χ1v) is 7.81. The summed E-state index contributed by atoms with van der Waals surface area (Å²) in [6, 6.07) is 9.84. The predicted octanol–water partition coefficient (Wildman–Crippen LogP) is 4.11. The summed E-state index contributed by atoms with van der Waals surface area (Å²) in [5, 5.41) is 3.61. The number of pyridine rings is 1. The summed E-state index contributed by atoms with van der Waals surface area (Å²) in [7, 11) is 0. The second-order valence-electron chi connectivity index (χ2n) is 5.02. The third-order valence-corrected chi connectivity index (χ3v) is 4.84. The van der Waals surface area contributed by atoms with E-state index in [-0.39, 0.29) is 17.9 Å². The molecule has 2 heterocycles. The van der Waals surface area contributed by atoms with Crippen LogP contribution in [0.5, 0.6) is 0 Å². The standard InChI is InChI=1S/C16H17FN2S/c1-11(12-5-8-18-9-6-12)19-15-7-10-20-16-13(15)3-2-4-14(16)17/h2-6,8-9,11,15,19H,7,10H2,1H3/t11-,15?/m1/s1. The summed E-state index contributed by atoms with van der Waals surface area (Å²) >= 11 is 1.62. The second kappa shape index (κ2) is 5.94. The van der Waals surface area contributed by atoms with Crippen molar-refractivity contribution in [3.63, 3.8) is 0 Å². The maximum atomic E-state index is 13.8. The van der Waals surface area contributed by atoms with Crippen molar-refractivity contribution in [2.45, 2.75) is 30.3 Å². The highest BCUT2D eigenvalue weighted by atomic mass is 32.2. The van der Waals surface area contributed by atoms with Gasteiger partial charge in [-0.3, -0.25) is 4.98 Å². The number of rotatable bonds is 3. The first-order valence-electron chi connectivity index (χ1n) is 6.83. The Bertz CT molecular complexity index is 588. The van der Waals surface area contributed by atoms with Crippen LogP contribution in [0.1, 0.15) is 36.6 Å². The lowest BCUT2D eigenvalue weighted by molar-refractivity contribution is 0.444. The molecule has 0 fully saturated rings. The third kappa shape index (κ3) is 2.72. The maximum absolute atomic E-state index is 13.8. The number of benzene rings is 1. The zero-order chi connectivity index (χ0) is 13.9. The summed E-state index contributed by atoms with van der Waals surface area (Å²) in [5.41, 5.74) is 2.29. The molecule has 2 atom stereocenters. The van der Waals surface area contributed by atoms with E-state index in [1.165, 1.54) is 5.56 Å². The van der Waals surface area contributed by atoms with Crippen molar-refractivity contribution in [3.05, 3.63) is 59.7 Å². The Kier molecular flexibility index (Phi) is 4.03. The Morgan fingerprint density at radius 1 is 1.30 bits per heavy atom. The van der Waals surface area contributed by atoms with E-state index < -0.39 is 0 Å². The fourth-order valence-electron chi connectivity index (χ4n) is 2.61. The highest BCUT2D eigenvalue weighted by Crippen LogP contribution is 2.38. The first-order chi connectivity index (χ1) is 9.75. The number of nitrogens with one attached hydrogen (secondary N) is 1. The number of hydrogen-bond donors (Lipinski definition) is 1. The van der Waals surface area contributed by atoms with Gasteiger partial charge >= 0.3 is 0 Å². The van der Waals surface area contributed by atoms with E-state index >= 15 is 0 Å². The Labute approximate surface area is 122 Å². The number of aromatic nitrogens is 1. The highest BCUT2D eigenvalue weighted by Gasteiger charge is 2.24. The van der Waals surface area contributed by atoms with Crippen molar-refractivity contribution in [2.24, 2.45) is 0 Å². The summed E-state index contributed by atoms with van der Waals surface area (Å²) in [6.45, 7) is 2.13. The minimum atomic E-state index is -0.101. The van der Waals surface area contributed by atoms with Gasteiger partial charge in [-0.15, -0.1) is 11.8 Å². The van der Waals surface area contributed by atoms with Crippen LogP contribution in [-0.4, -0.2) is 10.7 Å². The SMILES string of the molecule is C[C@@H](NC1CCSc2c(F)cccc21)c1ccncc1. The van der Waals surface area contributed by atoms with Crippen LogP contribution < -0.4 is 5.32 Å². The van der Waals surface area contributed by atoms with Crippen LogP contribution >= 0.6 is 11.8 Å². The first kappa shape index (κ1) is 13.6. The fourth-order valence-corrected chi connectivity index (χ4v) is 3.75. The second-order valence-corrected chi connectivity index (χ2v) is 6.12. The molecule has 2 nitrogen and oxygen atoms in total. The molecule has 2 aromatic rings. The summed E-state index contributed by atoms with van der Waals surface area (Å²) in [4.78, 5) is 4.85. The molecular formula is C16H17FN2S. The molecule has 20 heavy (non-hydrogen) atoms. The molecule has 0 saturated heterocycles. The number of hydrogen-bond acceptors (Lipinski definition) is 3. The molecule has 1 aromatic carbocycles. The molecule has 1 aromatic heterocycles. The molecule has 0 saturated carbocycles. The third-order valence-electron chi connectivity index (χ3n) is 3.68. The lowest BCUT2D eigenvalue weighted by Gasteiger charge is -2.29. The molecule has 4 heteroatoms. The average Bonchev–Trinajstić information content (AvgIpc) is 2.49. The zero-order valence-corrected chi connectivity index (χ0v) is 12.2. The van der Waals surface area contributed by atoms with Crippen LogP contribution in [0.4, 0.5) is 4.39 Å². The van der Waals surface area contributed by atoms with Gasteiger partial charge in [0.15, 0.2) is 0 Å². The Morgan fingerprint density at radius 3 is 2.90 bits per heavy atom. The molecule has 0 spiro atoms. The summed E-state index contributed by atoms with van der Waals surface area (Å²) in [6.07, 6.45) is 4.63. The van der Waals surface area contributed by atoms with Crippen LogP contribution in [-0.2, 0) is 0 Å². The van der Waals surface area contributed by atoms with Crippen LogP contribution in [0.25, 0.3) is 0 Å². The van der Waals surface area contributed by atoms with Gasteiger partial charge in [0.05, 0.1) is 0 Å². The highest BCUT2D eigenvalue weighted by molar-refractivity contribution is 7.99. The Balaban J connectivity index is 1.82. The van der Waals surface area contributed by atoms with E-state index in [2.05, 4.69) is 17.2 Å². The Hall–Kier alpha value is -1.39. The van der Waals surface area contributed by atoms with Gasteiger partial charge in [-0.1, -0.05) is 12.1 Å². The van der Waals surface area contributed by atoms with E-state index in [0.717, 1.165) is 22.6 Å². The number of halogens is 1. The molecule has 1 aliphatic heterocycles. The molecule has 0 aliphatic carbocycles. The molecule has 0 radical (unpaired) electrons. The fraction of sp³-hybridized carbons (Fsp3) is 0.312. The van der Waals surface area contributed by atoms with E-state index in [1.807, 2.05) is 18.2 Å². The van der Waals surface area contributed by atoms with Gasteiger partial charge in [-0.2, -0.15) is 0 Å². The van der Waals surface area contributed by atoms with Crippen molar-refractivity contribution < 1.29 is 4.39 Å². The van der Waals surface area contributed by atoms with Gasteiger partial charge in [-0.05, 0) is 48.4 Å². The molecule has 0 bridgehead atoms. The maximum Gasteiger partial charge on any atom is 0.137 e. The van der Waals surface area contributed by atoms with Crippen LogP contribution in [0.3, 0.4) is 0 Å². The predicted molar refractivity (Wildman–Crippen MR) is 80.3 cm³/mol. The normalized spacial score (nSPS) is 19.4. The van der Waals surface area contributed by atoms with E-state index in [9.17, 15) is 4.39 Å². The average molecular weight is 288 g/mol. The summed E-state index contributed by atoms with van der Waals surface area (Å²) < 4.78 is 13.8. The number of nitrogens with zero attached hydrogens (tertiary/aromatic N) is 1. The van der Waals surface area contributed by atoms with Crippen molar-refractivity contribution >= 4 is 11.8 Å². The largest absolute Gasteiger partial charge is 0.303 e. The van der Waals surface area contributed by atoms with E-state index in [1.54, 1.807) is 36.3 Å². The molecular weight excluding hydrogens is 271 g/mol. The van der Waals surface area contributed by atoms with E-state index in [0.29, 0.717) is 0 Å². The smallest absolute Gasteiger partial charge is 0.137 e. The van der Waals surface area contributed by atoms with Gasteiger partial charge in [0.2, 0.25) is 0 Å². The van der Waals surface area contributed by atoms with Gasteiger partial charge in [0.1, 0.15) is 5.82 Å². The van der Waals surface area contributed by atoms with Crippen molar-refractivity contribution in [1.29, 1.82) is 0 Å². The number of thioether (sulfide) groups is 1. The lowest BCUT2D eigenvalue weighted by Crippen LogP contribution is -2.27. The van der Waals surface area contributed by atoms with Gasteiger partial charge in [-0.25, -0.2) is 4.39 Å². The van der Waals surface area contributed by atoms with Gasteiger partial charge in [0, 0.05) is 29.4 Å².